The quantitative estimate of drug-likeness (QED) is 0.873. The van der Waals surface area contributed by atoms with Crippen molar-refractivity contribution in [2.24, 2.45) is 0 Å². The van der Waals surface area contributed by atoms with Gasteiger partial charge in [-0.05, 0) is 40.5 Å². The van der Waals surface area contributed by atoms with Crippen molar-refractivity contribution < 1.29 is 4.79 Å². The van der Waals surface area contributed by atoms with Gasteiger partial charge in [0.05, 0.1) is 5.56 Å². The molecule has 6 heteroatoms. The molecule has 2 aromatic heterocycles. The average Bonchev–Trinajstić information content (AvgIpc) is 2.40. The summed E-state index contributed by atoms with van der Waals surface area (Å²) in [5.74, 6) is -0.264. The van der Waals surface area contributed by atoms with E-state index in [0.29, 0.717) is 16.6 Å². The Morgan fingerprint density at radius 1 is 1.37 bits per heavy atom. The lowest BCUT2D eigenvalue weighted by molar-refractivity contribution is 0.0950. The van der Waals surface area contributed by atoms with Gasteiger partial charge in [-0.15, -0.1) is 0 Å². The zero-order valence-corrected chi connectivity index (χ0v) is 12.5. The maximum absolute atomic E-state index is 12.0. The van der Waals surface area contributed by atoms with Gasteiger partial charge in [-0.2, -0.15) is 0 Å². The molecule has 98 valence electrons. The molecule has 2 heterocycles. The predicted octanol–water partition coefficient (Wildman–Crippen LogP) is 3.13. The molecule has 0 radical (unpaired) electrons. The fourth-order valence-electron chi connectivity index (χ4n) is 1.46. The highest BCUT2D eigenvalue weighted by atomic mass is 79.9. The summed E-state index contributed by atoms with van der Waals surface area (Å²) in [6.45, 7) is 2.31. The van der Waals surface area contributed by atoms with Crippen LogP contribution in [0.15, 0.2) is 35.1 Å². The molecule has 19 heavy (non-hydrogen) atoms. The molecule has 0 aromatic carbocycles. The van der Waals surface area contributed by atoms with Gasteiger partial charge in [0.25, 0.3) is 5.91 Å². The van der Waals surface area contributed by atoms with Gasteiger partial charge >= 0.3 is 0 Å². The van der Waals surface area contributed by atoms with Crippen molar-refractivity contribution in [3.63, 3.8) is 0 Å². The van der Waals surface area contributed by atoms with E-state index in [1.54, 1.807) is 18.5 Å². The Hall–Kier alpha value is -1.46. The topological polar surface area (TPSA) is 54.9 Å². The van der Waals surface area contributed by atoms with Crippen LogP contribution in [0.25, 0.3) is 0 Å². The van der Waals surface area contributed by atoms with E-state index in [1.165, 1.54) is 0 Å². The van der Waals surface area contributed by atoms with Crippen LogP contribution in [0.4, 0.5) is 0 Å². The second-order valence-corrected chi connectivity index (χ2v) is 5.26. The van der Waals surface area contributed by atoms with Crippen LogP contribution in [0.2, 0.25) is 5.15 Å². The third-order valence-corrected chi connectivity index (χ3v) is 3.21. The second-order valence-electron chi connectivity index (χ2n) is 3.98. The molecular weight excluding hydrogens is 330 g/mol. The van der Waals surface area contributed by atoms with Crippen LogP contribution in [-0.4, -0.2) is 15.9 Å². The van der Waals surface area contributed by atoms with E-state index < -0.39 is 0 Å². The van der Waals surface area contributed by atoms with E-state index in [0.717, 1.165) is 11.3 Å². The van der Waals surface area contributed by atoms with Crippen molar-refractivity contribution >= 4 is 33.4 Å². The van der Waals surface area contributed by atoms with Crippen molar-refractivity contribution in [1.82, 2.24) is 15.3 Å². The normalized spacial score (nSPS) is 10.3. The number of halogens is 2. The molecule has 0 unspecified atom stereocenters. The van der Waals surface area contributed by atoms with E-state index in [-0.39, 0.29) is 11.1 Å². The number of nitrogens with one attached hydrogen (secondary N) is 1. The summed E-state index contributed by atoms with van der Waals surface area (Å²) in [4.78, 5) is 20.1. The molecule has 0 aliphatic rings. The number of aryl methyl sites for hydroxylation is 1. The number of carbonyl (C=O) groups is 1. The molecule has 1 amide bonds. The fraction of sp³-hybridized carbons (Fsp3) is 0.154. The maximum atomic E-state index is 12.0. The molecule has 4 nitrogen and oxygen atoms in total. The molecule has 2 aromatic rings. The summed E-state index contributed by atoms with van der Waals surface area (Å²) < 4.78 is 0.707. The minimum Gasteiger partial charge on any atom is -0.348 e. The van der Waals surface area contributed by atoms with Gasteiger partial charge in [0, 0.05) is 29.1 Å². The molecule has 0 fully saturated rings. The highest BCUT2D eigenvalue weighted by Crippen LogP contribution is 2.17. The second kappa shape index (κ2) is 6.12. The van der Waals surface area contributed by atoms with Crippen molar-refractivity contribution in [3.05, 3.63) is 57.0 Å². The van der Waals surface area contributed by atoms with E-state index in [2.05, 4.69) is 31.2 Å². The maximum Gasteiger partial charge on any atom is 0.254 e. The Morgan fingerprint density at radius 3 is 2.84 bits per heavy atom. The Labute approximate surface area is 124 Å². The predicted molar refractivity (Wildman–Crippen MR) is 77.1 cm³/mol. The summed E-state index contributed by atoms with van der Waals surface area (Å²) in [5, 5.41) is 2.96. The Balaban J connectivity index is 2.05. The first kappa shape index (κ1) is 14.0. The van der Waals surface area contributed by atoms with Crippen molar-refractivity contribution in [1.29, 1.82) is 0 Å². The fourth-order valence-corrected chi connectivity index (χ4v) is 1.98. The number of pyridine rings is 2. The van der Waals surface area contributed by atoms with Crippen LogP contribution in [0, 0.1) is 6.92 Å². The van der Waals surface area contributed by atoms with Crippen LogP contribution >= 0.6 is 27.5 Å². The molecular formula is C13H11BrClN3O. The SMILES string of the molecule is Cc1ccc(CNC(=O)c2cc(Br)cnc2Cl)cn1. The summed E-state index contributed by atoms with van der Waals surface area (Å²) >= 11 is 9.15. The lowest BCUT2D eigenvalue weighted by Crippen LogP contribution is -2.23. The van der Waals surface area contributed by atoms with E-state index in [1.807, 2.05) is 19.1 Å². The third-order valence-electron chi connectivity index (χ3n) is 2.48. The molecule has 0 saturated carbocycles. The van der Waals surface area contributed by atoms with Crippen molar-refractivity contribution in [2.45, 2.75) is 13.5 Å². The minimum absolute atomic E-state index is 0.183. The highest BCUT2D eigenvalue weighted by Gasteiger charge is 2.11. The standard InChI is InChI=1S/C13H11BrClN3O/c1-8-2-3-9(5-16-8)6-18-13(19)11-4-10(14)7-17-12(11)15/h2-5,7H,6H2,1H3,(H,18,19). The molecule has 1 N–H and O–H groups in total. The number of rotatable bonds is 3. The lowest BCUT2D eigenvalue weighted by Gasteiger charge is -2.06. The smallest absolute Gasteiger partial charge is 0.254 e. The number of aromatic nitrogens is 2. The zero-order valence-electron chi connectivity index (χ0n) is 10.2. The zero-order chi connectivity index (χ0) is 13.8. The summed E-state index contributed by atoms with van der Waals surface area (Å²) in [7, 11) is 0. The largest absolute Gasteiger partial charge is 0.348 e. The van der Waals surface area contributed by atoms with Crippen LogP contribution < -0.4 is 5.32 Å². The van der Waals surface area contributed by atoms with Gasteiger partial charge in [0.1, 0.15) is 5.15 Å². The van der Waals surface area contributed by atoms with Gasteiger partial charge in [-0.3, -0.25) is 9.78 Å². The first-order valence-electron chi connectivity index (χ1n) is 5.57. The number of hydrogen-bond acceptors (Lipinski definition) is 3. The summed E-state index contributed by atoms with van der Waals surface area (Å²) in [5.41, 5.74) is 2.21. The summed E-state index contributed by atoms with van der Waals surface area (Å²) in [6.07, 6.45) is 3.28. The number of hydrogen-bond donors (Lipinski definition) is 1. The first-order valence-corrected chi connectivity index (χ1v) is 6.74. The first-order chi connectivity index (χ1) is 9.06. The molecule has 0 bridgehead atoms. The third kappa shape index (κ3) is 3.75. The number of nitrogens with zero attached hydrogens (tertiary/aromatic N) is 2. The van der Waals surface area contributed by atoms with Gasteiger partial charge in [-0.25, -0.2) is 4.98 Å². The molecule has 0 atom stereocenters. The lowest BCUT2D eigenvalue weighted by atomic mass is 10.2. The van der Waals surface area contributed by atoms with Gasteiger partial charge < -0.3 is 5.32 Å². The van der Waals surface area contributed by atoms with Gasteiger partial charge in [0.2, 0.25) is 0 Å². The Bertz CT molecular complexity index is 601. The Morgan fingerprint density at radius 2 is 2.16 bits per heavy atom. The molecule has 0 saturated heterocycles. The highest BCUT2D eigenvalue weighted by molar-refractivity contribution is 9.10. The van der Waals surface area contributed by atoms with Crippen LogP contribution in [0.1, 0.15) is 21.6 Å². The Kier molecular flexibility index (Phi) is 4.50. The molecule has 0 aliphatic carbocycles. The van der Waals surface area contributed by atoms with Crippen LogP contribution in [0.5, 0.6) is 0 Å². The van der Waals surface area contributed by atoms with Crippen LogP contribution in [0.3, 0.4) is 0 Å². The van der Waals surface area contributed by atoms with Gasteiger partial charge in [-0.1, -0.05) is 17.7 Å². The van der Waals surface area contributed by atoms with Crippen molar-refractivity contribution in [2.75, 3.05) is 0 Å². The van der Waals surface area contributed by atoms with E-state index >= 15 is 0 Å². The number of amides is 1. The molecule has 2 rings (SSSR count). The van der Waals surface area contributed by atoms with Crippen molar-refractivity contribution in [3.8, 4) is 0 Å². The van der Waals surface area contributed by atoms with E-state index in [4.69, 9.17) is 11.6 Å². The molecule has 0 spiro atoms. The van der Waals surface area contributed by atoms with E-state index in [9.17, 15) is 4.79 Å². The summed E-state index contributed by atoms with van der Waals surface area (Å²) in [6, 6.07) is 5.45. The van der Waals surface area contributed by atoms with Gasteiger partial charge in [0.15, 0.2) is 0 Å². The minimum atomic E-state index is -0.264. The van der Waals surface area contributed by atoms with Crippen LogP contribution in [-0.2, 0) is 6.54 Å². The molecule has 0 aliphatic heterocycles. The number of carbonyl (C=O) groups excluding carboxylic acids is 1. The monoisotopic (exact) mass is 339 g/mol. The average molecular weight is 341 g/mol.